The Balaban J connectivity index is 1.98. The van der Waals surface area contributed by atoms with Crippen molar-refractivity contribution in [3.8, 4) is 0 Å². The van der Waals surface area contributed by atoms with Crippen LogP contribution in [0.15, 0.2) is 10.6 Å². The lowest BCUT2D eigenvalue weighted by Gasteiger charge is -2.02. The van der Waals surface area contributed by atoms with Crippen LogP contribution in [0.3, 0.4) is 0 Å². The molecule has 0 aliphatic carbocycles. The van der Waals surface area contributed by atoms with Gasteiger partial charge in [-0.05, 0) is 23.8 Å². The Labute approximate surface area is 85.7 Å². The van der Waals surface area contributed by atoms with Crippen LogP contribution in [0.4, 0.5) is 0 Å². The predicted molar refractivity (Wildman–Crippen MR) is 52.6 cm³/mol. The summed E-state index contributed by atoms with van der Waals surface area (Å²) in [7, 11) is 0. The van der Waals surface area contributed by atoms with Gasteiger partial charge in [0.2, 0.25) is 5.76 Å². The van der Waals surface area contributed by atoms with Crippen LogP contribution in [0.1, 0.15) is 22.9 Å². The number of oxazole rings is 1. The number of rotatable bonds is 3. The van der Waals surface area contributed by atoms with Crippen LogP contribution in [0, 0.1) is 5.92 Å². The fourth-order valence-corrected chi connectivity index (χ4v) is 2.78. The lowest BCUT2D eigenvalue weighted by molar-refractivity contribution is 0.0660. The van der Waals surface area contributed by atoms with Crippen molar-refractivity contribution >= 4 is 17.7 Å². The SMILES string of the molecule is O=C(O)c1cnc(CC2CCSC2)o1. The average molecular weight is 213 g/mol. The second-order valence-electron chi connectivity index (χ2n) is 3.36. The van der Waals surface area contributed by atoms with Gasteiger partial charge in [0, 0.05) is 6.42 Å². The molecule has 0 saturated carbocycles. The molecule has 1 aromatic heterocycles. The molecule has 4 nitrogen and oxygen atoms in total. The standard InChI is InChI=1S/C9H11NO3S/c11-9(12)7-4-10-8(13-7)3-6-1-2-14-5-6/h4,6H,1-3,5H2,(H,11,12). The molecule has 1 aliphatic rings. The van der Waals surface area contributed by atoms with Gasteiger partial charge in [0.25, 0.3) is 0 Å². The van der Waals surface area contributed by atoms with E-state index in [1.165, 1.54) is 18.4 Å². The zero-order valence-electron chi connectivity index (χ0n) is 7.60. The van der Waals surface area contributed by atoms with Crippen LogP contribution < -0.4 is 0 Å². The lowest BCUT2D eigenvalue weighted by Crippen LogP contribution is -2.02. The van der Waals surface area contributed by atoms with E-state index in [4.69, 9.17) is 9.52 Å². The normalized spacial score (nSPS) is 21.3. The first-order valence-corrected chi connectivity index (χ1v) is 5.67. The third-order valence-corrected chi connectivity index (χ3v) is 3.48. The summed E-state index contributed by atoms with van der Waals surface area (Å²) in [4.78, 5) is 14.5. The Bertz CT molecular complexity index is 331. The summed E-state index contributed by atoms with van der Waals surface area (Å²) < 4.78 is 5.09. The minimum absolute atomic E-state index is 0.0642. The van der Waals surface area contributed by atoms with Gasteiger partial charge >= 0.3 is 5.97 Å². The van der Waals surface area contributed by atoms with Crippen LogP contribution in [0.2, 0.25) is 0 Å². The Kier molecular flexibility index (Phi) is 2.77. The average Bonchev–Trinajstić information content (AvgIpc) is 2.75. The van der Waals surface area contributed by atoms with Gasteiger partial charge in [-0.25, -0.2) is 9.78 Å². The van der Waals surface area contributed by atoms with Crippen LogP contribution in [0.25, 0.3) is 0 Å². The van der Waals surface area contributed by atoms with Crippen LogP contribution in [0.5, 0.6) is 0 Å². The molecule has 1 unspecified atom stereocenters. The number of carboxylic acids is 1. The topological polar surface area (TPSA) is 63.3 Å². The largest absolute Gasteiger partial charge is 0.475 e. The lowest BCUT2D eigenvalue weighted by atomic mass is 10.1. The van der Waals surface area contributed by atoms with Gasteiger partial charge < -0.3 is 9.52 Å². The van der Waals surface area contributed by atoms with Crippen molar-refractivity contribution in [2.24, 2.45) is 5.92 Å². The van der Waals surface area contributed by atoms with E-state index in [-0.39, 0.29) is 5.76 Å². The summed E-state index contributed by atoms with van der Waals surface area (Å²) in [5.74, 6) is 2.35. The van der Waals surface area contributed by atoms with Crippen molar-refractivity contribution in [1.82, 2.24) is 4.98 Å². The summed E-state index contributed by atoms with van der Waals surface area (Å²) in [6.07, 6.45) is 3.22. The van der Waals surface area contributed by atoms with Gasteiger partial charge in [-0.15, -0.1) is 0 Å². The van der Waals surface area contributed by atoms with Crippen molar-refractivity contribution in [2.75, 3.05) is 11.5 Å². The van der Waals surface area contributed by atoms with Crippen molar-refractivity contribution in [1.29, 1.82) is 0 Å². The van der Waals surface area contributed by atoms with Crippen molar-refractivity contribution < 1.29 is 14.3 Å². The Morgan fingerprint density at radius 1 is 1.79 bits per heavy atom. The van der Waals surface area contributed by atoms with E-state index in [1.54, 1.807) is 0 Å². The molecule has 0 radical (unpaired) electrons. The zero-order valence-corrected chi connectivity index (χ0v) is 8.42. The second-order valence-corrected chi connectivity index (χ2v) is 4.51. The van der Waals surface area contributed by atoms with E-state index < -0.39 is 5.97 Å². The third-order valence-electron chi connectivity index (χ3n) is 2.25. The van der Waals surface area contributed by atoms with Crippen molar-refractivity contribution in [3.05, 3.63) is 17.8 Å². The fraction of sp³-hybridized carbons (Fsp3) is 0.556. The first kappa shape index (κ1) is 9.58. The van der Waals surface area contributed by atoms with E-state index in [1.807, 2.05) is 11.8 Å². The molecule has 14 heavy (non-hydrogen) atoms. The molecule has 1 fully saturated rings. The molecule has 0 spiro atoms. The van der Waals surface area contributed by atoms with Gasteiger partial charge in [0.1, 0.15) is 0 Å². The minimum Gasteiger partial charge on any atom is -0.475 e. The molecule has 2 heterocycles. The van der Waals surface area contributed by atoms with Gasteiger partial charge in [-0.2, -0.15) is 11.8 Å². The van der Waals surface area contributed by atoms with E-state index in [2.05, 4.69) is 4.98 Å². The van der Waals surface area contributed by atoms with Gasteiger partial charge in [0.15, 0.2) is 5.89 Å². The molecule has 1 N–H and O–H groups in total. The first-order chi connectivity index (χ1) is 6.75. The van der Waals surface area contributed by atoms with Gasteiger partial charge in [0.05, 0.1) is 6.20 Å². The molecule has 2 rings (SSSR count). The van der Waals surface area contributed by atoms with E-state index in [0.717, 1.165) is 12.2 Å². The maximum absolute atomic E-state index is 10.5. The number of thioether (sulfide) groups is 1. The molecule has 0 aromatic carbocycles. The zero-order chi connectivity index (χ0) is 9.97. The number of carboxylic acid groups (broad SMARTS) is 1. The molecule has 1 aliphatic heterocycles. The predicted octanol–water partition coefficient (Wildman–Crippen LogP) is 1.67. The maximum Gasteiger partial charge on any atom is 0.373 e. The van der Waals surface area contributed by atoms with Crippen LogP contribution in [-0.2, 0) is 6.42 Å². The third kappa shape index (κ3) is 2.09. The summed E-state index contributed by atoms with van der Waals surface area (Å²) in [6, 6.07) is 0. The van der Waals surface area contributed by atoms with Crippen LogP contribution >= 0.6 is 11.8 Å². The van der Waals surface area contributed by atoms with E-state index in [0.29, 0.717) is 11.8 Å². The monoisotopic (exact) mass is 213 g/mol. The number of carbonyl (C=O) groups is 1. The van der Waals surface area contributed by atoms with Gasteiger partial charge in [-0.3, -0.25) is 0 Å². The fourth-order valence-electron chi connectivity index (χ4n) is 1.49. The Hall–Kier alpha value is -0.970. The molecular weight excluding hydrogens is 202 g/mol. The molecular formula is C9H11NO3S. The first-order valence-electron chi connectivity index (χ1n) is 4.51. The highest BCUT2D eigenvalue weighted by Crippen LogP contribution is 2.26. The highest BCUT2D eigenvalue weighted by atomic mass is 32.2. The molecule has 0 bridgehead atoms. The maximum atomic E-state index is 10.5. The quantitative estimate of drug-likeness (QED) is 0.827. The highest BCUT2D eigenvalue weighted by Gasteiger charge is 2.19. The summed E-state index contributed by atoms with van der Waals surface area (Å²) in [5, 5.41) is 8.62. The molecule has 76 valence electrons. The Morgan fingerprint density at radius 2 is 2.64 bits per heavy atom. The molecule has 1 atom stereocenters. The minimum atomic E-state index is -1.05. The molecule has 5 heteroatoms. The van der Waals surface area contributed by atoms with E-state index in [9.17, 15) is 4.79 Å². The number of hydrogen-bond donors (Lipinski definition) is 1. The molecule has 1 saturated heterocycles. The van der Waals surface area contributed by atoms with Gasteiger partial charge in [-0.1, -0.05) is 0 Å². The van der Waals surface area contributed by atoms with E-state index >= 15 is 0 Å². The van der Waals surface area contributed by atoms with Crippen LogP contribution in [-0.4, -0.2) is 27.6 Å². The van der Waals surface area contributed by atoms with Crippen molar-refractivity contribution in [2.45, 2.75) is 12.8 Å². The number of aromatic nitrogens is 1. The molecule has 0 amide bonds. The molecule has 1 aromatic rings. The summed E-state index contributed by atoms with van der Waals surface area (Å²) >= 11 is 1.93. The summed E-state index contributed by atoms with van der Waals surface area (Å²) in [6.45, 7) is 0. The Morgan fingerprint density at radius 3 is 3.21 bits per heavy atom. The number of hydrogen-bond acceptors (Lipinski definition) is 4. The number of nitrogens with zero attached hydrogens (tertiary/aromatic N) is 1. The smallest absolute Gasteiger partial charge is 0.373 e. The highest BCUT2D eigenvalue weighted by molar-refractivity contribution is 7.99. The number of aromatic carboxylic acids is 1. The van der Waals surface area contributed by atoms with Crippen molar-refractivity contribution in [3.63, 3.8) is 0 Å². The second kappa shape index (κ2) is 4.04. The summed E-state index contributed by atoms with van der Waals surface area (Å²) in [5.41, 5.74) is 0.